The van der Waals surface area contributed by atoms with Gasteiger partial charge in [0.15, 0.2) is 5.65 Å². The molecule has 2 aromatic carbocycles. The van der Waals surface area contributed by atoms with Crippen LogP contribution in [0.2, 0.25) is 5.02 Å². The van der Waals surface area contributed by atoms with Crippen molar-refractivity contribution in [2.75, 3.05) is 7.11 Å². The predicted molar refractivity (Wildman–Crippen MR) is 152 cm³/mol. The van der Waals surface area contributed by atoms with Crippen molar-refractivity contribution in [1.82, 2.24) is 14.7 Å². The van der Waals surface area contributed by atoms with Gasteiger partial charge in [-0.05, 0) is 58.1 Å². The monoisotopic (exact) mass is 545 g/mol. The molecule has 7 nitrogen and oxygen atoms in total. The van der Waals surface area contributed by atoms with E-state index in [4.69, 9.17) is 26.1 Å². The molecule has 39 heavy (non-hydrogen) atoms. The van der Waals surface area contributed by atoms with Gasteiger partial charge in [0.1, 0.15) is 11.2 Å². The van der Waals surface area contributed by atoms with Crippen LogP contribution in [0.5, 0.6) is 0 Å². The summed E-state index contributed by atoms with van der Waals surface area (Å²) in [4.78, 5) is 30.3. The van der Waals surface area contributed by atoms with Crippen molar-refractivity contribution in [2.24, 2.45) is 0 Å². The molecule has 1 fully saturated rings. The van der Waals surface area contributed by atoms with Gasteiger partial charge in [-0.3, -0.25) is 4.40 Å². The largest absolute Gasteiger partial charge is 0.465 e. The van der Waals surface area contributed by atoms with Crippen LogP contribution in [0.25, 0.3) is 28.2 Å². The first-order valence-corrected chi connectivity index (χ1v) is 13.4. The van der Waals surface area contributed by atoms with Crippen molar-refractivity contribution in [1.29, 1.82) is 0 Å². The van der Waals surface area contributed by atoms with Gasteiger partial charge in [0.05, 0.1) is 29.1 Å². The van der Waals surface area contributed by atoms with Crippen LogP contribution >= 0.6 is 11.6 Å². The molecule has 1 saturated carbocycles. The second-order valence-corrected chi connectivity index (χ2v) is 11.4. The van der Waals surface area contributed by atoms with Crippen LogP contribution in [0.15, 0.2) is 60.8 Å². The van der Waals surface area contributed by atoms with Gasteiger partial charge in [-0.1, -0.05) is 66.2 Å². The van der Waals surface area contributed by atoms with Crippen LogP contribution in [0.1, 0.15) is 61.5 Å². The highest BCUT2D eigenvalue weighted by molar-refractivity contribution is 6.32. The Kier molecular flexibility index (Phi) is 6.89. The Labute approximate surface area is 233 Å². The molecule has 0 unspecified atom stereocenters. The lowest BCUT2D eigenvalue weighted by Gasteiger charge is -2.43. The van der Waals surface area contributed by atoms with E-state index in [1.54, 1.807) is 13.1 Å². The van der Waals surface area contributed by atoms with E-state index in [9.17, 15) is 9.59 Å². The number of hydrogen-bond acceptors (Lipinski definition) is 5. The summed E-state index contributed by atoms with van der Waals surface area (Å²) in [6.45, 7) is 7.35. The van der Waals surface area contributed by atoms with Gasteiger partial charge in [-0.15, -0.1) is 0 Å². The summed E-state index contributed by atoms with van der Waals surface area (Å²) in [6, 6.07) is 18.0. The second kappa shape index (κ2) is 10.0. The lowest BCUT2D eigenvalue weighted by atomic mass is 9.71. The van der Waals surface area contributed by atoms with E-state index in [2.05, 4.69) is 5.32 Å². The number of nitrogens with zero attached hydrogens (tertiary/aromatic N) is 2. The Morgan fingerprint density at radius 2 is 1.69 bits per heavy atom. The predicted octanol–water partition coefficient (Wildman–Crippen LogP) is 7.32. The summed E-state index contributed by atoms with van der Waals surface area (Å²) in [5, 5.41) is 3.56. The minimum atomic E-state index is -0.569. The van der Waals surface area contributed by atoms with Crippen LogP contribution in [-0.2, 0) is 15.0 Å². The summed E-state index contributed by atoms with van der Waals surface area (Å²) in [6.07, 6.45) is 4.09. The minimum absolute atomic E-state index is 0.333. The van der Waals surface area contributed by atoms with E-state index in [-0.39, 0.29) is 0 Å². The van der Waals surface area contributed by atoms with Crippen molar-refractivity contribution < 1.29 is 19.1 Å². The standard InChI is InChI=1S/C31H32ClN3O4/c1-19-23(32)18-35-26(21-10-7-6-8-11-21)25(33-27(35)24(19)28(36)38-5)20-12-14-22(15-13-20)31(16-9-17-31)34-29(37)39-30(2,3)4/h6-8,10-15,18H,9,16-17H2,1-5H3,(H,34,37). The Balaban J connectivity index is 1.61. The fourth-order valence-corrected chi connectivity index (χ4v) is 5.31. The quantitative estimate of drug-likeness (QED) is 0.266. The number of amides is 1. The number of methoxy groups -OCH3 is 1. The number of ether oxygens (including phenoxy) is 2. The Hall–Kier alpha value is -3.84. The molecule has 0 bridgehead atoms. The third kappa shape index (κ3) is 4.99. The molecule has 0 radical (unpaired) electrons. The summed E-state index contributed by atoms with van der Waals surface area (Å²) >= 11 is 6.58. The maximum Gasteiger partial charge on any atom is 0.408 e. The van der Waals surface area contributed by atoms with Crippen molar-refractivity contribution in [3.8, 4) is 22.5 Å². The minimum Gasteiger partial charge on any atom is -0.465 e. The van der Waals surface area contributed by atoms with E-state index < -0.39 is 23.2 Å². The van der Waals surface area contributed by atoms with E-state index in [0.29, 0.717) is 27.5 Å². The second-order valence-electron chi connectivity index (χ2n) is 11.0. The fraction of sp³-hybridized carbons (Fsp3) is 0.323. The Morgan fingerprint density at radius 1 is 1.03 bits per heavy atom. The van der Waals surface area contributed by atoms with Gasteiger partial charge in [-0.2, -0.15) is 0 Å². The van der Waals surface area contributed by atoms with Crippen molar-refractivity contribution in [3.63, 3.8) is 0 Å². The highest BCUT2D eigenvalue weighted by Gasteiger charge is 2.41. The molecule has 2 aromatic heterocycles. The first-order valence-electron chi connectivity index (χ1n) is 13.0. The molecular formula is C31H32ClN3O4. The van der Waals surface area contributed by atoms with Crippen molar-refractivity contribution >= 4 is 29.3 Å². The van der Waals surface area contributed by atoms with Gasteiger partial charge in [0, 0.05) is 17.3 Å². The van der Waals surface area contributed by atoms with E-state index in [0.717, 1.165) is 41.6 Å². The maximum atomic E-state index is 12.8. The molecule has 8 heteroatoms. The van der Waals surface area contributed by atoms with Crippen LogP contribution in [0.4, 0.5) is 4.79 Å². The Morgan fingerprint density at radius 3 is 2.26 bits per heavy atom. The zero-order valence-corrected chi connectivity index (χ0v) is 23.6. The number of alkyl carbamates (subject to hydrolysis) is 1. The molecule has 1 aliphatic carbocycles. The van der Waals surface area contributed by atoms with Crippen LogP contribution in [0.3, 0.4) is 0 Å². The van der Waals surface area contributed by atoms with Crippen LogP contribution in [0, 0.1) is 6.92 Å². The van der Waals surface area contributed by atoms with Gasteiger partial charge >= 0.3 is 12.1 Å². The van der Waals surface area contributed by atoms with E-state index in [1.165, 1.54) is 7.11 Å². The highest BCUT2D eigenvalue weighted by Crippen LogP contribution is 2.43. The van der Waals surface area contributed by atoms with E-state index in [1.807, 2.05) is 79.8 Å². The summed E-state index contributed by atoms with van der Waals surface area (Å²) in [5.74, 6) is -0.494. The first-order chi connectivity index (χ1) is 18.5. The molecular weight excluding hydrogens is 514 g/mol. The average Bonchev–Trinajstić information content (AvgIpc) is 3.24. The molecule has 1 N–H and O–H groups in total. The number of fused-ring (bicyclic) bond motifs is 1. The molecule has 202 valence electrons. The number of carbonyl (C=O) groups is 2. The first kappa shape index (κ1) is 26.8. The van der Waals surface area contributed by atoms with Crippen LogP contribution in [-0.4, -0.2) is 34.2 Å². The maximum absolute atomic E-state index is 12.8. The summed E-state index contributed by atoms with van der Waals surface area (Å²) in [7, 11) is 1.35. The fourth-order valence-electron chi connectivity index (χ4n) is 5.11. The number of halogens is 1. The third-order valence-corrected chi connectivity index (χ3v) is 7.59. The lowest BCUT2D eigenvalue weighted by Crippen LogP contribution is -2.52. The van der Waals surface area contributed by atoms with Crippen molar-refractivity contribution in [3.05, 3.63) is 82.5 Å². The molecule has 0 saturated heterocycles. The number of hydrogen-bond donors (Lipinski definition) is 1. The van der Waals surface area contributed by atoms with Gasteiger partial charge in [0.2, 0.25) is 0 Å². The molecule has 0 aliphatic heterocycles. The smallest absolute Gasteiger partial charge is 0.408 e. The molecule has 1 amide bonds. The van der Waals surface area contributed by atoms with E-state index >= 15 is 0 Å². The Bertz CT molecular complexity index is 1550. The number of imidazole rings is 1. The molecule has 0 atom stereocenters. The topological polar surface area (TPSA) is 81.9 Å². The number of rotatable bonds is 5. The number of nitrogens with one attached hydrogen (secondary N) is 1. The normalized spacial score (nSPS) is 14.5. The lowest BCUT2D eigenvalue weighted by molar-refractivity contribution is 0.0377. The zero-order valence-electron chi connectivity index (χ0n) is 22.8. The number of pyridine rings is 1. The molecule has 1 aliphatic rings. The van der Waals surface area contributed by atoms with Crippen molar-refractivity contribution in [2.45, 2.75) is 58.1 Å². The molecule has 2 heterocycles. The highest BCUT2D eigenvalue weighted by atomic mass is 35.5. The number of esters is 1. The SMILES string of the molecule is COC(=O)c1c(C)c(Cl)cn2c(-c3ccccc3)c(-c3ccc(C4(NC(=O)OC(C)(C)C)CCC4)cc3)nc12. The van der Waals surface area contributed by atoms with Crippen LogP contribution < -0.4 is 5.32 Å². The zero-order chi connectivity index (χ0) is 27.9. The van der Waals surface area contributed by atoms with Gasteiger partial charge in [-0.25, -0.2) is 14.6 Å². The summed E-state index contributed by atoms with van der Waals surface area (Å²) in [5.41, 5.74) is 4.75. The van der Waals surface area contributed by atoms with Gasteiger partial charge in [0.25, 0.3) is 0 Å². The molecule has 4 aromatic rings. The molecule has 5 rings (SSSR count). The number of carbonyl (C=O) groups excluding carboxylic acids is 2. The van der Waals surface area contributed by atoms with Gasteiger partial charge < -0.3 is 14.8 Å². The summed E-state index contributed by atoms with van der Waals surface area (Å²) < 4.78 is 12.5. The number of benzene rings is 2. The number of aromatic nitrogens is 2. The third-order valence-electron chi connectivity index (χ3n) is 7.21. The average molecular weight is 546 g/mol. The molecule has 0 spiro atoms.